The van der Waals surface area contributed by atoms with Crippen molar-refractivity contribution in [2.24, 2.45) is 0 Å². The molecular weight excluding hydrogens is 252 g/mol. The number of ether oxygens (including phenoxy) is 1. The van der Waals surface area contributed by atoms with Crippen molar-refractivity contribution in [3.05, 3.63) is 33.9 Å². The number of nitro groups is 1. The van der Waals surface area contributed by atoms with E-state index in [9.17, 15) is 10.1 Å². The summed E-state index contributed by atoms with van der Waals surface area (Å²) in [5.41, 5.74) is 1.84. The molecule has 1 heterocycles. The molecule has 0 atom stereocenters. The van der Waals surface area contributed by atoms with Crippen molar-refractivity contribution in [2.75, 3.05) is 25.1 Å². The Labute approximate surface area is 110 Å². The van der Waals surface area contributed by atoms with Crippen molar-refractivity contribution < 1.29 is 9.66 Å². The van der Waals surface area contributed by atoms with Crippen LogP contribution in [0.5, 0.6) is 0 Å². The number of nitro benzene ring substituents is 1. The van der Waals surface area contributed by atoms with E-state index in [1.807, 2.05) is 30.8 Å². The Kier molecular flexibility index (Phi) is 4.43. The molecule has 0 spiro atoms. The van der Waals surface area contributed by atoms with Crippen LogP contribution in [0.15, 0.2) is 18.2 Å². The van der Waals surface area contributed by atoms with Gasteiger partial charge in [0.1, 0.15) is 5.69 Å². The van der Waals surface area contributed by atoms with Gasteiger partial charge in [-0.3, -0.25) is 10.1 Å². The van der Waals surface area contributed by atoms with Crippen LogP contribution >= 0.6 is 11.8 Å². The molecule has 1 aliphatic heterocycles. The molecule has 18 heavy (non-hydrogen) atoms. The summed E-state index contributed by atoms with van der Waals surface area (Å²) in [6.45, 7) is 4.24. The molecule has 1 N–H and O–H groups in total. The maximum Gasteiger partial charge on any atom is 0.292 e. The third-order valence-corrected chi connectivity index (χ3v) is 3.96. The second-order valence-corrected chi connectivity index (χ2v) is 5.40. The molecule has 0 saturated carbocycles. The fourth-order valence-corrected chi connectivity index (χ4v) is 2.68. The Morgan fingerprint density at radius 1 is 1.56 bits per heavy atom. The zero-order valence-electron chi connectivity index (χ0n) is 10.2. The molecule has 2 rings (SSSR count). The van der Waals surface area contributed by atoms with Gasteiger partial charge in [0.15, 0.2) is 0 Å². The number of nitrogens with zero attached hydrogens (tertiary/aromatic N) is 1. The first-order valence-corrected chi connectivity index (χ1v) is 6.96. The van der Waals surface area contributed by atoms with E-state index in [-0.39, 0.29) is 10.6 Å². The lowest BCUT2D eigenvalue weighted by molar-refractivity contribution is -0.384. The Bertz CT molecular complexity index is 435. The average molecular weight is 268 g/mol. The number of hydrogen-bond acceptors (Lipinski definition) is 5. The van der Waals surface area contributed by atoms with Crippen molar-refractivity contribution in [3.63, 3.8) is 0 Å². The van der Waals surface area contributed by atoms with Crippen molar-refractivity contribution in [2.45, 2.75) is 17.9 Å². The van der Waals surface area contributed by atoms with Gasteiger partial charge >= 0.3 is 0 Å². The van der Waals surface area contributed by atoms with Crippen molar-refractivity contribution >= 4 is 23.1 Å². The second kappa shape index (κ2) is 6.06. The minimum Gasteiger partial charge on any atom is -0.380 e. The topological polar surface area (TPSA) is 64.4 Å². The van der Waals surface area contributed by atoms with E-state index in [4.69, 9.17) is 4.74 Å². The summed E-state index contributed by atoms with van der Waals surface area (Å²) in [5.74, 6) is 0.865. The van der Waals surface area contributed by atoms with Crippen molar-refractivity contribution in [3.8, 4) is 0 Å². The molecule has 6 heteroatoms. The predicted molar refractivity (Wildman–Crippen MR) is 73.2 cm³/mol. The molecule has 1 fully saturated rings. The normalized spacial score (nSPS) is 15.2. The number of rotatable bonds is 6. The van der Waals surface area contributed by atoms with Crippen LogP contribution in [0.2, 0.25) is 0 Å². The van der Waals surface area contributed by atoms with Gasteiger partial charge in [0, 0.05) is 18.4 Å². The average Bonchev–Trinajstić information content (AvgIpc) is 2.27. The first kappa shape index (κ1) is 13.2. The summed E-state index contributed by atoms with van der Waals surface area (Å²) >= 11 is 1.83. The maximum atomic E-state index is 10.9. The second-order valence-electron chi connectivity index (χ2n) is 4.11. The van der Waals surface area contributed by atoms with Crippen molar-refractivity contribution in [1.29, 1.82) is 0 Å². The molecular formula is C12H16N2O3S. The van der Waals surface area contributed by atoms with Crippen LogP contribution in [-0.2, 0) is 10.5 Å². The van der Waals surface area contributed by atoms with Crippen LogP contribution in [0.25, 0.3) is 0 Å². The number of anilines is 1. The quantitative estimate of drug-likeness (QED) is 0.634. The number of thioether (sulfide) groups is 1. The highest BCUT2D eigenvalue weighted by Gasteiger charge is 2.19. The van der Waals surface area contributed by atoms with Crippen LogP contribution in [0, 0.1) is 10.1 Å². The smallest absolute Gasteiger partial charge is 0.292 e. The summed E-state index contributed by atoms with van der Waals surface area (Å²) in [5, 5.41) is 14.5. The highest BCUT2D eigenvalue weighted by atomic mass is 32.2. The summed E-state index contributed by atoms with van der Waals surface area (Å²) in [6, 6.07) is 5.27. The third-order valence-electron chi connectivity index (χ3n) is 2.72. The zero-order chi connectivity index (χ0) is 13.0. The van der Waals surface area contributed by atoms with Crippen molar-refractivity contribution in [1.82, 2.24) is 0 Å². The third kappa shape index (κ3) is 3.14. The molecule has 0 radical (unpaired) electrons. The van der Waals surface area contributed by atoms with E-state index in [1.165, 1.54) is 0 Å². The van der Waals surface area contributed by atoms with Crippen LogP contribution in [0.4, 0.5) is 11.4 Å². The number of nitrogens with one attached hydrogen (secondary N) is 1. The van der Waals surface area contributed by atoms with Gasteiger partial charge in [-0.2, -0.15) is 0 Å². The number of benzene rings is 1. The lowest BCUT2D eigenvalue weighted by atomic mass is 10.2. The highest BCUT2D eigenvalue weighted by Crippen LogP contribution is 2.29. The van der Waals surface area contributed by atoms with E-state index in [0.717, 1.165) is 24.5 Å². The van der Waals surface area contributed by atoms with E-state index < -0.39 is 0 Å². The molecule has 1 aromatic carbocycles. The zero-order valence-corrected chi connectivity index (χ0v) is 11.0. The fraction of sp³-hybridized carbons (Fsp3) is 0.500. The molecule has 0 bridgehead atoms. The van der Waals surface area contributed by atoms with Gasteiger partial charge in [0.25, 0.3) is 5.69 Å². The lowest BCUT2D eigenvalue weighted by Crippen LogP contribution is -2.30. The SMILES string of the molecule is CCNc1cc(CSC2COC2)ccc1[N+](=O)[O-]. The van der Waals surface area contributed by atoms with E-state index in [1.54, 1.807) is 6.07 Å². The summed E-state index contributed by atoms with van der Waals surface area (Å²) < 4.78 is 5.11. The van der Waals surface area contributed by atoms with Crippen LogP contribution in [-0.4, -0.2) is 29.9 Å². The predicted octanol–water partition coefficient (Wildman–Crippen LogP) is 2.66. The molecule has 1 saturated heterocycles. The Hall–Kier alpha value is -1.27. The molecule has 1 aliphatic rings. The fourth-order valence-electron chi connectivity index (χ4n) is 1.69. The monoisotopic (exact) mass is 268 g/mol. The maximum absolute atomic E-state index is 10.9. The molecule has 5 nitrogen and oxygen atoms in total. The van der Waals surface area contributed by atoms with E-state index in [2.05, 4.69) is 5.32 Å². The number of hydrogen-bond donors (Lipinski definition) is 1. The van der Waals surface area contributed by atoms with Gasteiger partial charge in [0.2, 0.25) is 0 Å². The molecule has 98 valence electrons. The van der Waals surface area contributed by atoms with E-state index in [0.29, 0.717) is 17.5 Å². The molecule has 0 amide bonds. The minimum atomic E-state index is -0.352. The van der Waals surface area contributed by atoms with Gasteiger partial charge in [0.05, 0.1) is 23.4 Å². The van der Waals surface area contributed by atoms with Gasteiger partial charge in [-0.1, -0.05) is 6.07 Å². The highest BCUT2D eigenvalue weighted by molar-refractivity contribution is 7.99. The first-order chi connectivity index (χ1) is 8.70. The summed E-state index contributed by atoms with van der Waals surface area (Å²) in [4.78, 5) is 10.5. The Balaban J connectivity index is 2.06. The standard InChI is InChI=1S/C12H16N2O3S/c1-2-13-11-5-9(3-4-12(11)14(15)16)8-18-10-6-17-7-10/h3-5,10,13H,2,6-8H2,1H3. The van der Waals surface area contributed by atoms with E-state index >= 15 is 0 Å². The van der Waals surface area contributed by atoms with Gasteiger partial charge in [-0.25, -0.2) is 0 Å². The molecule has 0 unspecified atom stereocenters. The largest absolute Gasteiger partial charge is 0.380 e. The lowest BCUT2D eigenvalue weighted by Gasteiger charge is -2.25. The molecule has 1 aromatic rings. The minimum absolute atomic E-state index is 0.137. The van der Waals surface area contributed by atoms with Crippen LogP contribution < -0.4 is 5.32 Å². The first-order valence-electron chi connectivity index (χ1n) is 5.91. The van der Waals surface area contributed by atoms with Gasteiger partial charge in [-0.05, 0) is 18.6 Å². The van der Waals surface area contributed by atoms with Crippen LogP contribution in [0.3, 0.4) is 0 Å². The summed E-state index contributed by atoms with van der Waals surface area (Å²) in [7, 11) is 0. The molecule has 0 aliphatic carbocycles. The Morgan fingerprint density at radius 2 is 2.33 bits per heavy atom. The summed E-state index contributed by atoms with van der Waals surface area (Å²) in [6.07, 6.45) is 0. The Morgan fingerprint density at radius 3 is 2.89 bits per heavy atom. The van der Waals surface area contributed by atoms with Gasteiger partial charge < -0.3 is 10.1 Å². The van der Waals surface area contributed by atoms with Crippen LogP contribution in [0.1, 0.15) is 12.5 Å². The molecule has 0 aromatic heterocycles. The van der Waals surface area contributed by atoms with Gasteiger partial charge in [-0.15, -0.1) is 11.8 Å².